The van der Waals surface area contributed by atoms with Crippen molar-refractivity contribution in [3.05, 3.63) is 30.3 Å². The van der Waals surface area contributed by atoms with E-state index in [0.29, 0.717) is 10.9 Å². The number of ketones is 1. The van der Waals surface area contributed by atoms with Crippen LogP contribution in [0.15, 0.2) is 35.5 Å². The van der Waals surface area contributed by atoms with Gasteiger partial charge < -0.3 is 0 Å². The summed E-state index contributed by atoms with van der Waals surface area (Å²) in [6.45, 7) is 6.73. The number of thioether (sulfide) groups is 1. The molecule has 120 valence electrons. The van der Waals surface area contributed by atoms with E-state index in [1.165, 1.54) is 11.8 Å². The van der Waals surface area contributed by atoms with Crippen LogP contribution < -0.4 is 0 Å². The highest BCUT2D eigenvalue weighted by atomic mass is 32.2. The van der Waals surface area contributed by atoms with Crippen molar-refractivity contribution >= 4 is 17.5 Å². The molecule has 1 aromatic heterocycles. The zero-order valence-electron chi connectivity index (χ0n) is 13.6. The second-order valence-corrected chi connectivity index (χ2v) is 8.41. The van der Waals surface area contributed by atoms with Gasteiger partial charge in [-0.15, -0.1) is 5.10 Å². The lowest BCUT2D eigenvalue weighted by atomic mass is 9.71. The fraction of sp³-hybridized carbons (Fsp3) is 0.529. The van der Waals surface area contributed by atoms with Crippen LogP contribution in [0.2, 0.25) is 0 Å². The number of fused-ring (bicyclic) bond motifs is 2. The number of tetrazole rings is 1. The minimum absolute atomic E-state index is 0.00683. The molecule has 0 aliphatic heterocycles. The van der Waals surface area contributed by atoms with E-state index in [2.05, 4.69) is 36.3 Å². The van der Waals surface area contributed by atoms with Crippen molar-refractivity contribution in [1.82, 2.24) is 20.2 Å². The molecule has 0 amide bonds. The van der Waals surface area contributed by atoms with Crippen LogP contribution in [0.5, 0.6) is 0 Å². The van der Waals surface area contributed by atoms with E-state index in [-0.39, 0.29) is 22.0 Å². The van der Waals surface area contributed by atoms with Crippen LogP contribution in [0, 0.1) is 16.7 Å². The van der Waals surface area contributed by atoms with Gasteiger partial charge in [0.15, 0.2) is 0 Å². The van der Waals surface area contributed by atoms with Crippen molar-refractivity contribution in [2.24, 2.45) is 16.7 Å². The lowest BCUT2D eigenvalue weighted by molar-refractivity contribution is -0.122. The summed E-state index contributed by atoms with van der Waals surface area (Å²) in [4.78, 5) is 12.9. The Morgan fingerprint density at radius 3 is 2.61 bits per heavy atom. The molecule has 2 saturated carbocycles. The first-order valence-electron chi connectivity index (χ1n) is 7.99. The molecule has 1 heterocycles. The number of Topliss-reactive ketones (excluding diaryl/α,β-unsaturated/α-hetero) is 1. The second-order valence-electron chi connectivity index (χ2n) is 7.34. The Balaban J connectivity index is 1.68. The number of benzene rings is 1. The van der Waals surface area contributed by atoms with Crippen molar-refractivity contribution in [1.29, 1.82) is 0 Å². The molecule has 4 rings (SSSR count). The topological polar surface area (TPSA) is 60.7 Å². The Hall–Kier alpha value is -1.69. The largest absolute Gasteiger partial charge is 0.298 e. The van der Waals surface area contributed by atoms with Gasteiger partial charge >= 0.3 is 0 Å². The highest BCUT2D eigenvalue weighted by Crippen LogP contribution is 2.67. The maximum atomic E-state index is 12.9. The summed E-state index contributed by atoms with van der Waals surface area (Å²) in [5.41, 5.74) is 0.972. The molecule has 2 aliphatic rings. The first kappa shape index (κ1) is 14.9. The fourth-order valence-electron chi connectivity index (χ4n) is 4.27. The number of hydrogen-bond acceptors (Lipinski definition) is 5. The highest BCUT2D eigenvalue weighted by Gasteiger charge is 2.66. The highest BCUT2D eigenvalue weighted by molar-refractivity contribution is 8.00. The van der Waals surface area contributed by atoms with Crippen LogP contribution >= 0.6 is 11.8 Å². The molecule has 6 heteroatoms. The molecule has 2 aliphatic carbocycles. The van der Waals surface area contributed by atoms with Crippen LogP contribution in [0.3, 0.4) is 0 Å². The Morgan fingerprint density at radius 2 is 1.96 bits per heavy atom. The molecule has 0 saturated heterocycles. The molecule has 3 unspecified atom stereocenters. The summed E-state index contributed by atoms with van der Waals surface area (Å²) in [5, 5.41) is 12.7. The summed E-state index contributed by atoms with van der Waals surface area (Å²) >= 11 is 1.53. The first-order valence-corrected chi connectivity index (χ1v) is 8.87. The minimum Gasteiger partial charge on any atom is -0.298 e. The lowest BCUT2D eigenvalue weighted by Gasteiger charge is -2.37. The summed E-state index contributed by atoms with van der Waals surface area (Å²) in [5.74, 6) is 0.544. The first-order chi connectivity index (χ1) is 10.9. The third-order valence-corrected chi connectivity index (χ3v) is 7.59. The van der Waals surface area contributed by atoms with E-state index in [4.69, 9.17) is 0 Å². The molecule has 5 nitrogen and oxygen atoms in total. The van der Waals surface area contributed by atoms with Crippen LogP contribution in [0.25, 0.3) is 5.69 Å². The quantitative estimate of drug-likeness (QED) is 0.866. The monoisotopic (exact) mass is 328 g/mol. The van der Waals surface area contributed by atoms with Crippen molar-refractivity contribution in [3.8, 4) is 5.69 Å². The maximum Gasteiger partial charge on any atom is 0.214 e. The Bertz CT molecular complexity index is 757. The van der Waals surface area contributed by atoms with E-state index >= 15 is 0 Å². The van der Waals surface area contributed by atoms with Gasteiger partial charge in [-0.3, -0.25) is 4.79 Å². The number of aromatic nitrogens is 4. The second kappa shape index (κ2) is 4.90. The molecular formula is C17H20N4OS. The van der Waals surface area contributed by atoms with Gasteiger partial charge in [0, 0.05) is 5.92 Å². The molecule has 2 aromatic rings. The van der Waals surface area contributed by atoms with E-state index in [1.807, 2.05) is 30.3 Å². The predicted molar refractivity (Wildman–Crippen MR) is 88.4 cm³/mol. The molecule has 2 bridgehead atoms. The zero-order valence-corrected chi connectivity index (χ0v) is 14.4. The van der Waals surface area contributed by atoms with Crippen molar-refractivity contribution in [3.63, 3.8) is 0 Å². The van der Waals surface area contributed by atoms with Crippen LogP contribution in [0.1, 0.15) is 33.6 Å². The molecule has 0 N–H and O–H groups in total. The van der Waals surface area contributed by atoms with Crippen molar-refractivity contribution in [2.45, 2.75) is 44.0 Å². The van der Waals surface area contributed by atoms with Gasteiger partial charge in [-0.1, -0.05) is 50.7 Å². The molecule has 0 radical (unpaired) electrons. The van der Waals surface area contributed by atoms with Gasteiger partial charge in [-0.2, -0.15) is 4.68 Å². The van der Waals surface area contributed by atoms with Crippen molar-refractivity contribution in [2.75, 3.05) is 0 Å². The van der Waals surface area contributed by atoms with Crippen LogP contribution in [-0.4, -0.2) is 31.2 Å². The smallest absolute Gasteiger partial charge is 0.214 e. The number of nitrogens with zero attached hydrogens (tertiary/aromatic N) is 4. The standard InChI is InChI=1S/C17H20N4OS/c1-16(2)12-9-10-17(16,3)14(13(12)22)23-15-18-19-20-21(15)11-7-5-4-6-8-11/h4-8,12,14H,9-10H2,1-3H3. The predicted octanol–water partition coefficient (Wildman–Crippen LogP) is 3.15. The molecule has 23 heavy (non-hydrogen) atoms. The van der Waals surface area contributed by atoms with E-state index in [9.17, 15) is 4.79 Å². The Labute approximate surface area is 139 Å². The normalized spacial score (nSPS) is 31.7. The van der Waals surface area contributed by atoms with Gasteiger partial charge in [0.05, 0.1) is 10.9 Å². The van der Waals surface area contributed by atoms with Crippen LogP contribution in [0.4, 0.5) is 0 Å². The summed E-state index contributed by atoms with van der Waals surface area (Å²) in [6.07, 6.45) is 2.12. The average Bonchev–Trinajstić information content (AvgIpc) is 3.12. The third kappa shape index (κ3) is 1.94. The average molecular weight is 328 g/mol. The van der Waals surface area contributed by atoms with Gasteiger partial charge in [-0.25, -0.2) is 0 Å². The number of rotatable bonds is 3. The Morgan fingerprint density at radius 1 is 1.22 bits per heavy atom. The number of carbonyl (C=O) groups is 1. The summed E-state index contributed by atoms with van der Waals surface area (Å²) in [7, 11) is 0. The number of para-hydroxylation sites is 1. The molecule has 1 aromatic carbocycles. The molecule has 2 fully saturated rings. The van der Waals surface area contributed by atoms with E-state index in [1.54, 1.807) is 4.68 Å². The van der Waals surface area contributed by atoms with E-state index in [0.717, 1.165) is 18.5 Å². The number of hydrogen-bond donors (Lipinski definition) is 0. The molecular weight excluding hydrogens is 308 g/mol. The van der Waals surface area contributed by atoms with Gasteiger partial charge in [0.25, 0.3) is 0 Å². The fourth-order valence-corrected chi connectivity index (χ4v) is 5.76. The van der Waals surface area contributed by atoms with Crippen molar-refractivity contribution < 1.29 is 4.79 Å². The maximum absolute atomic E-state index is 12.9. The molecule has 3 atom stereocenters. The summed E-state index contributed by atoms with van der Waals surface area (Å²) in [6, 6.07) is 9.81. The summed E-state index contributed by atoms with van der Waals surface area (Å²) < 4.78 is 1.72. The van der Waals surface area contributed by atoms with Crippen LogP contribution in [-0.2, 0) is 4.79 Å². The van der Waals surface area contributed by atoms with Gasteiger partial charge in [-0.05, 0) is 46.2 Å². The zero-order chi connectivity index (χ0) is 16.2. The van der Waals surface area contributed by atoms with Gasteiger partial charge in [0.1, 0.15) is 5.78 Å². The SMILES string of the molecule is CC1(C)C2CCC1(C)C(Sc1nnnn1-c1ccccc1)C2=O. The lowest BCUT2D eigenvalue weighted by Crippen LogP contribution is -2.35. The molecule has 0 spiro atoms. The van der Waals surface area contributed by atoms with E-state index < -0.39 is 0 Å². The third-order valence-electron chi connectivity index (χ3n) is 6.14. The number of carbonyl (C=O) groups excluding carboxylic acids is 1. The van der Waals surface area contributed by atoms with Gasteiger partial charge in [0.2, 0.25) is 5.16 Å². The Kier molecular flexibility index (Phi) is 3.17. The minimum atomic E-state index is -0.0651.